The summed E-state index contributed by atoms with van der Waals surface area (Å²) >= 11 is 1.70. The zero-order valence-corrected chi connectivity index (χ0v) is 11.6. The number of benzene rings is 1. The lowest BCUT2D eigenvalue weighted by molar-refractivity contribution is 0.569. The molecule has 0 fully saturated rings. The van der Waals surface area contributed by atoms with Gasteiger partial charge in [-0.25, -0.2) is 9.37 Å². The van der Waals surface area contributed by atoms with Gasteiger partial charge in [0.15, 0.2) is 0 Å². The number of nitrogens with zero attached hydrogens (tertiary/aromatic N) is 1. The second-order valence-electron chi connectivity index (χ2n) is 4.50. The summed E-state index contributed by atoms with van der Waals surface area (Å²) in [6.45, 7) is 6.65. The molecule has 0 saturated carbocycles. The summed E-state index contributed by atoms with van der Waals surface area (Å²) in [6, 6.07) is 5.43. The van der Waals surface area contributed by atoms with Gasteiger partial charge in [-0.2, -0.15) is 0 Å². The molecule has 1 N–H and O–H groups in total. The molecule has 0 radical (unpaired) electrons. The van der Waals surface area contributed by atoms with Crippen molar-refractivity contribution in [2.45, 2.75) is 33.4 Å². The van der Waals surface area contributed by atoms with E-state index in [1.54, 1.807) is 18.3 Å². The van der Waals surface area contributed by atoms with Crippen molar-refractivity contribution in [2.24, 2.45) is 0 Å². The van der Waals surface area contributed by atoms with Gasteiger partial charge in [0.2, 0.25) is 0 Å². The molecule has 1 aromatic heterocycles. The van der Waals surface area contributed by atoms with Crippen molar-refractivity contribution in [3.8, 4) is 0 Å². The first kappa shape index (κ1) is 13.2. The van der Waals surface area contributed by atoms with Crippen molar-refractivity contribution in [3.05, 3.63) is 51.2 Å². The van der Waals surface area contributed by atoms with Gasteiger partial charge in [-0.15, -0.1) is 11.3 Å². The molecule has 0 bridgehead atoms. The van der Waals surface area contributed by atoms with E-state index in [2.05, 4.69) is 24.1 Å². The molecule has 4 heteroatoms. The maximum absolute atomic E-state index is 13.1. The van der Waals surface area contributed by atoms with Crippen molar-refractivity contribution in [1.82, 2.24) is 10.3 Å². The predicted octanol–water partition coefficient (Wildman–Crippen LogP) is 3.75. The average molecular weight is 264 g/mol. The summed E-state index contributed by atoms with van der Waals surface area (Å²) in [4.78, 5) is 5.57. The molecular weight excluding hydrogens is 247 g/mol. The fourth-order valence-electron chi connectivity index (χ4n) is 1.75. The molecule has 0 spiro atoms. The number of rotatable bonds is 4. The van der Waals surface area contributed by atoms with Crippen LogP contribution in [0.5, 0.6) is 0 Å². The van der Waals surface area contributed by atoms with E-state index in [0.717, 1.165) is 17.1 Å². The van der Waals surface area contributed by atoms with Crippen LogP contribution in [0.4, 0.5) is 4.39 Å². The van der Waals surface area contributed by atoms with E-state index in [1.807, 2.05) is 18.3 Å². The fourth-order valence-corrected chi connectivity index (χ4v) is 2.55. The van der Waals surface area contributed by atoms with Gasteiger partial charge in [-0.1, -0.05) is 12.1 Å². The van der Waals surface area contributed by atoms with Crippen LogP contribution in [0.25, 0.3) is 0 Å². The lowest BCUT2D eigenvalue weighted by Gasteiger charge is -2.11. The molecule has 0 aliphatic carbocycles. The first-order valence-electron chi connectivity index (χ1n) is 5.97. The highest BCUT2D eigenvalue weighted by Crippen LogP contribution is 2.19. The Bertz CT molecular complexity index is 536. The van der Waals surface area contributed by atoms with Gasteiger partial charge in [-0.3, -0.25) is 0 Å². The van der Waals surface area contributed by atoms with Gasteiger partial charge in [0.1, 0.15) is 10.8 Å². The van der Waals surface area contributed by atoms with Crippen molar-refractivity contribution in [2.75, 3.05) is 0 Å². The fraction of sp³-hybridized carbons (Fsp3) is 0.357. The third-order valence-electron chi connectivity index (χ3n) is 2.84. The van der Waals surface area contributed by atoms with Gasteiger partial charge in [0.25, 0.3) is 0 Å². The zero-order chi connectivity index (χ0) is 13.1. The number of thiazole rings is 1. The molecule has 0 aliphatic heterocycles. The third-order valence-corrected chi connectivity index (χ3v) is 3.94. The zero-order valence-electron chi connectivity index (χ0n) is 10.8. The highest BCUT2D eigenvalue weighted by molar-refractivity contribution is 7.11. The molecule has 1 heterocycles. The minimum absolute atomic E-state index is 0.151. The Morgan fingerprint density at radius 2 is 2.17 bits per heavy atom. The molecule has 0 amide bonds. The Hall–Kier alpha value is -1.26. The van der Waals surface area contributed by atoms with Crippen LogP contribution in [0.1, 0.15) is 34.0 Å². The summed E-state index contributed by atoms with van der Waals surface area (Å²) in [5.41, 5.74) is 1.78. The van der Waals surface area contributed by atoms with Crippen LogP contribution in [0, 0.1) is 19.7 Å². The minimum atomic E-state index is -0.151. The number of halogens is 1. The van der Waals surface area contributed by atoms with Crippen LogP contribution in [0.3, 0.4) is 0 Å². The van der Waals surface area contributed by atoms with Crippen LogP contribution >= 0.6 is 11.3 Å². The summed E-state index contributed by atoms with van der Waals surface area (Å²) in [7, 11) is 0. The smallest absolute Gasteiger partial charge is 0.126 e. The maximum atomic E-state index is 13.1. The van der Waals surface area contributed by atoms with Gasteiger partial charge >= 0.3 is 0 Å². The van der Waals surface area contributed by atoms with Crippen LogP contribution in [-0.4, -0.2) is 4.98 Å². The van der Waals surface area contributed by atoms with Crippen LogP contribution in [0.15, 0.2) is 24.4 Å². The Labute approximate surface area is 111 Å². The van der Waals surface area contributed by atoms with Crippen LogP contribution < -0.4 is 5.32 Å². The summed E-state index contributed by atoms with van der Waals surface area (Å²) < 4.78 is 13.1. The van der Waals surface area contributed by atoms with E-state index in [-0.39, 0.29) is 11.9 Å². The molecule has 0 aliphatic rings. The normalized spacial score (nSPS) is 12.7. The highest BCUT2D eigenvalue weighted by atomic mass is 32.1. The molecule has 1 unspecified atom stereocenters. The standard InChI is InChI=1S/C14H17FN2S/c1-9-6-12(4-5-13(9)15)8-16-11(3)14-17-7-10(2)18-14/h4-7,11,16H,8H2,1-3H3. The lowest BCUT2D eigenvalue weighted by Crippen LogP contribution is -2.17. The Balaban J connectivity index is 1.97. The van der Waals surface area contributed by atoms with Crippen molar-refractivity contribution >= 4 is 11.3 Å². The van der Waals surface area contributed by atoms with Gasteiger partial charge in [-0.05, 0) is 38.0 Å². The SMILES string of the molecule is Cc1cnc(C(C)NCc2ccc(F)c(C)c2)s1. The first-order chi connectivity index (χ1) is 8.56. The summed E-state index contributed by atoms with van der Waals surface area (Å²) in [5, 5.41) is 4.49. The molecule has 0 saturated heterocycles. The number of hydrogen-bond acceptors (Lipinski definition) is 3. The maximum Gasteiger partial charge on any atom is 0.126 e. The number of aromatic nitrogens is 1. The predicted molar refractivity (Wildman–Crippen MR) is 73.2 cm³/mol. The second-order valence-corrected chi connectivity index (χ2v) is 5.76. The topological polar surface area (TPSA) is 24.9 Å². The molecular formula is C14H17FN2S. The Kier molecular flexibility index (Phi) is 4.09. The Morgan fingerprint density at radius 3 is 2.78 bits per heavy atom. The molecule has 2 nitrogen and oxygen atoms in total. The largest absolute Gasteiger partial charge is 0.304 e. The van der Waals surface area contributed by atoms with E-state index < -0.39 is 0 Å². The van der Waals surface area contributed by atoms with Crippen molar-refractivity contribution < 1.29 is 4.39 Å². The summed E-state index contributed by atoms with van der Waals surface area (Å²) in [5.74, 6) is -0.151. The number of nitrogens with one attached hydrogen (secondary N) is 1. The number of hydrogen-bond donors (Lipinski definition) is 1. The van der Waals surface area contributed by atoms with E-state index in [9.17, 15) is 4.39 Å². The first-order valence-corrected chi connectivity index (χ1v) is 6.78. The minimum Gasteiger partial charge on any atom is -0.304 e. The van der Waals surface area contributed by atoms with Gasteiger partial charge in [0, 0.05) is 17.6 Å². The molecule has 1 aromatic carbocycles. The molecule has 2 rings (SSSR count). The van der Waals surface area contributed by atoms with Crippen molar-refractivity contribution in [3.63, 3.8) is 0 Å². The van der Waals surface area contributed by atoms with E-state index >= 15 is 0 Å². The molecule has 2 aromatic rings. The van der Waals surface area contributed by atoms with Crippen LogP contribution in [-0.2, 0) is 6.54 Å². The van der Waals surface area contributed by atoms with Crippen molar-refractivity contribution in [1.29, 1.82) is 0 Å². The molecule has 96 valence electrons. The monoisotopic (exact) mass is 264 g/mol. The Morgan fingerprint density at radius 1 is 1.39 bits per heavy atom. The summed E-state index contributed by atoms with van der Waals surface area (Å²) in [6.07, 6.45) is 1.89. The van der Waals surface area contributed by atoms with E-state index in [1.165, 1.54) is 10.9 Å². The van der Waals surface area contributed by atoms with E-state index in [4.69, 9.17) is 0 Å². The third kappa shape index (κ3) is 3.15. The quantitative estimate of drug-likeness (QED) is 0.909. The second kappa shape index (κ2) is 5.59. The lowest BCUT2D eigenvalue weighted by atomic mass is 10.1. The molecule has 18 heavy (non-hydrogen) atoms. The van der Waals surface area contributed by atoms with Gasteiger partial charge in [0.05, 0.1) is 6.04 Å². The van der Waals surface area contributed by atoms with Crippen LogP contribution in [0.2, 0.25) is 0 Å². The van der Waals surface area contributed by atoms with E-state index in [0.29, 0.717) is 5.56 Å². The number of aryl methyl sites for hydroxylation is 2. The molecule has 1 atom stereocenters. The highest BCUT2D eigenvalue weighted by Gasteiger charge is 2.09. The van der Waals surface area contributed by atoms with Gasteiger partial charge < -0.3 is 5.32 Å². The average Bonchev–Trinajstić information content (AvgIpc) is 2.77.